The number of methoxy groups -OCH3 is 1. The van der Waals surface area contributed by atoms with Crippen LogP contribution in [0.1, 0.15) is 56.3 Å². The van der Waals surface area contributed by atoms with Crippen molar-refractivity contribution in [2.75, 3.05) is 12.4 Å². The quantitative estimate of drug-likeness (QED) is 0.752. The zero-order chi connectivity index (χ0) is 20.3. The van der Waals surface area contributed by atoms with Crippen LogP contribution in [0.4, 0.5) is 5.69 Å². The lowest BCUT2D eigenvalue weighted by Crippen LogP contribution is -2.15. The number of benzene rings is 1. The van der Waals surface area contributed by atoms with Gasteiger partial charge in [-0.15, -0.1) is 0 Å². The minimum absolute atomic E-state index is 0.137. The minimum Gasteiger partial charge on any atom is -0.465 e. The van der Waals surface area contributed by atoms with Crippen LogP contribution < -0.4 is 5.32 Å². The fraction of sp³-hybridized carbons (Fsp3) is 0.316. The van der Waals surface area contributed by atoms with Crippen LogP contribution in [0.25, 0.3) is 0 Å². The topological polar surface area (TPSA) is 97.5 Å². The molecule has 0 saturated carbocycles. The van der Waals surface area contributed by atoms with Crippen molar-refractivity contribution in [2.24, 2.45) is 0 Å². The van der Waals surface area contributed by atoms with Gasteiger partial charge >= 0.3 is 11.9 Å². The van der Waals surface area contributed by atoms with E-state index in [4.69, 9.17) is 16.3 Å². The van der Waals surface area contributed by atoms with E-state index in [2.05, 4.69) is 15.0 Å². The van der Waals surface area contributed by atoms with Gasteiger partial charge < -0.3 is 19.8 Å². The number of anilines is 1. The number of carbonyl (C=O) groups is 3. The number of hydrogen-bond acceptors (Lipinski definition) is 5. The molecule has 1 aromatic heterocycles. The van der Waals surface area contributed by atoms with E-state index in [1.165, 1.54) is 19.2 Å². The predicted molar refractivity (Wildman–Crippen MR) is 102 cm³/mol. The standard InChI is InChI=1S/C19H21ClN2O5/c1-9(2)27-19(25)15-10(3)16(21-11(15)4)17(23)22-12-6-7-14(20)13(8-12)18(24)26-5/h6-9,21H,1-5H3,(H,22,23). The van der Waals surface area contributed by atoms with Crippen molar-refractivity contribution >= 4 is 35.1 Å². The molecule has 0 radical (unpaired) electrons. The molecule has 0 saturated heterocycles. The highest BCUT2D eigenvalue weighted by molar-refractivity contribution is 6.33. The molecular formula is C19H21ClN2O5. The molecule has 0 spiro atoms. The fourth-order valence-electron chi connectivity index (χ4n) is 2.62. The van der Waals surface area contributed by atoms with Gasteiger partial charge in [0.25, 0.3) is 5.91 Å². The largest absolute Gasteiger partial charge is 0.465 e. The lowest BCUT2D eigenvalue weighted by molar-refractivity contribution is 0.0376. The number of aryl methyl sites for hydroxylation is 1. The number of esters is 2. The second-order valence-electron chi connectivity index (χ2n) is 6.22. The van der Waals surface area contributed by atoms with Crippen LogP contribution >= 0.6 is 11.6 Å². The number of amides is 1. The van der Waals surface area contributed by atoms with Crippen LogP contribution in [0.15, 0.2) is 18.2 Å². The molecule has 2 aromatic rings. The Morgan fingerprint density at radius 1 is 1.15 bits per heavy atom. The second-order valence-corrected chi connectivity index (χ2v) is 6.63. The van der Waals surface area contributed by atoms with E-state index in [0.29, 0.717) is 22.5 Å². The van der Waals surface area contributed by atoms with Gasteiger partial charge in [-0.2, -0.15) is 0 Å². The average Bonchev–Trinajstić information content (AvgIpc) is 2.89. The highest BCUT2D eigenvalue weighted by atomic mass is 35.5. The lowest BCUT2D eigenvalue weighted by atomic mass is 10.1. The minimum atomic E-state index is -0.610. The van der Waals surface area contributed by atoms with E-state index in [1.54, 1.807) is 33.8 Å². The number of aromatic nitrogens is 1. The summed E-state index contributed by atoms with van der Waals surface area (Å²) in [6.07, 6.45) is -0.269. The van der Waals surface area contributed by atoms with Gasteiger partial charge in [-0.25, -0.2) is 9.59 Å². The van der Waals surface area contributed by atoms with Crippen molar-refractivity contribution in [3.8, 4) is 0 Å². The number of hydrogen-bond donors (Lipinski definition) is 2. The first-order chi connectivity index (χ1) is 12.6. The molecule has 1 aromatic carbocycles. The zero-order valence-electron chi connectivity index (χ0n) is 15.7. The van der Waals surface area contributed by atoms with Crippen molar-refractivity contribution in [3.63, 3.8) is 0 Å². The van der Waals surface area contributed by atoms with Crippen molar-refractivity contribution in [2.45, 2.75) is 33.8 Å². The Balaban J connectivity index is 2.30. The number of aromatic amines is 1. The maximum atomic E-state index is 12.6. The summed E-state index contributed by atoms with van der Waals surface area (Å²) in [5.41, 5.74) is 2.09. The Morgan fingerprint density at radius 3 is 2.41 bits per heavy atom. The summed E-state index contributed by atoms with van der Waals surface area (Å²) >= 11 is 5.98. The molecule has 0 bridgehead atoms. The Labute approximate surface area is 162 Å². The van der Waals surface area contributed by atoms with Gasteiger partial charge in [-0.1, -0.05) is 11.6 Å². The summed E-state index contributed by atoms with van der Waals surface area (Å²) in [6, 6.07) is 4.47. The maximum absolute atomic E-state index is 12.6. The molecule has 0 fully saturated rings. The zero-order valence-corrected chi connectivity index (χ0v) is 16.5. The van der Waals surface area contributed by atoms with Crippen LogP contribution in [0, 0.1) is 13.8 Å². The average molecular weight is 393 g/mol. The van der Waals surface area contributed by atoms with Gasteiger partial charge in [0.05, 0.1) is 29.4 Å². The molecule has 1 heterocycles. The van der Waals surface area contributed by atoms with Gasteiger partial charge in [-0.05, 0) is 51.5 Å². The molecule has 7 nitrogen and oxygen atoms in total. The van der Waals surface area contributed by atoms with Crippen LogP contribution in [0.2, 0.25) is 5.02 Å². The first kappa shape index (κ1) is 20.5. The molecule has 144 valence electrons. The highest BCUT2D eigenvalue weighted by Gasteiger charge is 2.24. The van der Waals surface area contributed by atoms with Gasteiger partial charge in [-0.3, -0.25) is 4.79 Å². The summed E-state index contributed by atoms with van der Waals surface area (Å²) in [5, 5.41) is 2.89. The molecular weight excluding hydrogens is 372 g/mol. The molecule has 0 aliphatic carbocycles. The highest BCUT2D eigenvalue weighted by Crippen LogP contribution is 2.24. The molecule has 0 atom stereocenters. The number of ether oxygens (including phenoxy) is 2. The lowest BCUT2D eigenvalue weighted by Gasteiger charge is -2.09. The number of nitrogens with one attached hydrogen (secondary N) is 2. The van der Waals surface area contributed by atoms with E-state index in [-0.39, 0.29) is 22.4 Å². The Morgan fingerprint density at radius 2 is 1.81 bits per heavy atom. The fourth-order valence-corrected chi connectivity index (χ4v) is 2.81. The van der Waals surface area contributed by atoms with Crippen LogP contribution in [-0.2, 0) is 9.47 Å². The Bertz CT molecular complexity index is 902. The van der Waals surface area contributed by atoms with Gasteiger partial charge in [0.1, 0.15) is 5.69 Å². The van der Waals surface area contributed by atoms with E-state index in [0.717, 1.165) is 0 Å². The number of carbonyl (C=O) groups excluding carboxylic acids is 3. The normalized spacial score (nSPS) is 10.6. The molecule has 1 amide bonds. The molecule has 0 aliphatic heterocycles. The van der Waals surface area contributed by atoms with Gasteiger partial charge in [0, 0.05) is 11.4 Å². The third kappa shape index (κ3) is 4.49. The Hall–Kier alpha value is -2.80. The first-order valence-electron chi connectivity index (χ1n) is 8.25. The monoisotopic (exact) mass is 392 g/mol. The van der Waals surface area contributed by atoms with Gasteiger partial charge in [0.15, 0.2) is 0 Å². The van der Waals surface area contributed by atoms with Crippen molar-refractivity contribution in [1.82, 2.24) is 4.98 Å². The summed E-state index contributed by atoms with van der Waals surface area (Å²) in [4.78, 5) is 39.5. The molecule has 2 N–H and O–H groups in total. The smallest absolute Gasteiger partial charge is 0.340 e. The third-order valence-corrected chi connectivity index (χ3v) is 4.17. The molecule has 2 rings (SSSR count). The van der Waals surface area contributed by atoms with Crippen molar-refractivity contribution < 1.29 is 23.9 Å². The van der Waals surface area contributed by atoms with Crippen molar-refractivity contribution in [1.29, 1.82) is 0 Å². The van der Waals surface area contributed by atoms with E-state index < -0.39 is 17.8 Å². The van der Waals surface area contributed by atoms with Crippen LogP contribution in [-0.4, -0.2) is 36.0 Å². The molecule has 0 aliphatic rings. The summed E-state index contributed by atoms with van der Waals surface area (Å²) in [5.74, 6) is -1.56. The maximum Gasteiger partial charge on any atom is 0.340 e. The summed E-state index contributed by atoms with van der Waals surface area (Å²) < 4.78 is 9.88. The van der Waals surface area contributed by atoms with Crippen LogP contribution in [0.5, 0.6) is 0 Å². The van der Waals surface area contributed by atoms with E-state index in [1.807, 2.05) is 0 Å². The predicted octanol–water partition coefficient (Wildman–Crippen LogP) is 3.89. The first-order valence-corrected chi connectivity index (χ1v) is 8.62. The summed E-state index contributed by atoms with van der Waals surface area (Å²) in [7, 11) is 1.24. The van der Waals surface area contributed by atoms with Gasteiger partial charge in [0.2, 0.25) is 0 Å². The van der Waals surface area contributed by atoms with Crippen LogP contribution in [0.3, 0.4) is 0 Å². The SMILES string of the molecule is COC(=O)c1cc(NC(=O)c2[nH]c(C)c(C(=O)OC(C)C)c2C)ccc1Cl. The van der Waals surface area contributed by atoms with Crippen molar-refractivity contribution in [3.05, 3.63) is 51.3 Å². The number of rotatable bonds is 5. The van der Waals surface area contributed by atoms with E-state index >= 15 is 0 Å². The third-order valence-electron chi connectivity index (χ3n) is 3.84. The second kappa shape index (κ2) is 8.26. The molecule has 27 heavy (non-hydrogen) atoms. The van der Waals surface area contributed by atoms with E-state index in [9.17, 15) is 14.4 Å². The summed E-state index contributed by atoms with van der Waals surface area (Å²) in [6.45, 7) is 6.86. The Kier molecular flexibility index (Phi) is 6.28. The molecule has 8 heteroatoms. The molecule has 0 unspecified atom stereocenters. The number of halogens is 1. The number of H-pyrrole nitrogens is 1.